The molecule has 146 valence electrons. The number of amides is 1. The quantitative estimate of drug-likeness (QED) is 0.609. The summed E-state index contributed by atoms with van der Waals surface area (Å²) in [6, 6.07) is 6.41. The van der Waals surface area contributed by atoms with Crippen LogP contribution in [0.1, 0.15) is 19.3 Å². The monoisotopic (exact) mass is 384 g/mol. The third-order valence-corrected chi connectivity index (χ3v) is 5.33. The van der Waals surface area contributed by atoms with Crippen molar-refractivity contribution in [2.75, 3.05) is 23.3 Å². The average Bonchev–Trinajstić information content (AvgIpc) is 2.96. The molecule has 2 aromatic heterocycles. The van der Waals surface area contributed by atoms with E-state index in [1.165, 1.54) is 6.07 Å². The fraction of sp³-hybridized carbons (Fsp3) is 0.389. The number of hydrogen-bond donors (Lipinski definition) is 2. The third kappa shape index (κ3) is 3.40. The maximum atomic E-state index is 11.6. The SMILES string of the molecule is O=C(O)N1[C@H]2CC[C@@H]1CN(c1ccc([N+](=O)[O-])c(Nc3ccncc3)n1)CC2. The van der Waals surface area contributed by atoms with Crippen molar-refractivity contribution < 1.29 is 14.8 Å². The number of fused-ring (bicyclic) bond motifs is 2. The molecule has 2 aliphatic rings. The van der Waals surface area contributed by atoms with Gasteiger partial charge in [-0.15, -0.1) is 0 Å². The van der Waals surface area contributed by atoms with Gasteiger partial charge in [0.25, 0.3) is 0 Å². The van der Waals surface area contributed by atoms with E-state index in [-0.39, 0.29) is 23.6 Å². The van der Waals surface area contributed by atoms with Crippen molar-refractivity contribution in [1.29, 1.82) is 0 Å². The molecule has 1 amide bonds. The summed E-state index contributed by atoms with van der Waals surface area (Å²) in [5.74, 6) is 0.748. The highest BCUT2D eigenvalue weighted by molar-refractivity contribution is 5.68. The Morgan fingerprint density at radius 2 is 1.93 bits per heavy atom. The topological polar surface area (TPSA) is 125 Å². The molecule has 0 aromatic carbocycles. The van der Waals surface area contributed by atoms with Gasteiger partial charge in [-0.2, -0.15) is 0 Å². The molecule has 10 heteroatoms. The van der Waals surface area contributed by atoms with Crippen molar-refractivity contribution in [3.05, 3.63) is 46.8 Å². The molecular formula is C18H20N6O4. The number of nitrogens with zero attached hydrogens (tertiary/aromatic N) is 5. The molecule has 0 radical (unpaired) electrons. The van der Waals surface area contributed by atoms with Gasteiger partial charge in [0.2, 0.25) is 5.82 Å². The van der Waals surface area contributed by atoms with Gasteiger partial charge in [0.1, 0.15) is 5.82 Å². The fourth-order valence-electron chi connectivity index (χ4n) is 4.02. The molecule has 28 heavy (non-hydrogen) atoms. The number of pyridine rings is 2. The van der Waals surface area contributed by atoms with Crippen LogP contribution < -0.4 is 10.2 Å². The number of nitrogens with one attached hydrogen (secondary N) is 1. The Morgan fingerprint density at radius 3 is 2.64 bits per heavy atom. The Hall–Kier alpha value is -3.43. The third-order valence-electron chi connectivity index (χ3n) is 5.33. The number of rotatable bonds is 4. The number of nitro groups is 1. The second-order valence-electron chi connectivity index (χ2n) is 6.96. The summed E-state index contributed by atoms with van der Waals surface area (Å²) in [4.78, 5) is 34.5. The van der Waals surface area contributed by atoms with Crippen LogP contribution in [-0.2, 0) is 0 Å². The molecule has 10 nitrogen and oxygen atoms in total. The van der Waals surface area contributed by atoms with E-state index in [1.807, 2.05) is 4.90 Å². The predicted molar refractivity (Wildman–Crippen MR) is 102 cm³/mol. The summed E-state index contributed by atoms with van der Waals surface area (Å²) in [5.41, 5.74) is 0.527. The molecule has 2 fully saturated rings. The molecule has 2 aromatic rings. The molecule has 4 heterocycles. The first-order valence-corrected chi connectivity index (χ1v) is 9.11. The number of carboxylic acid groups (broad SMARTS) is 1. The highest BCUT2D eigenvalue weighted by atomic mass is 16.6. The molecule has 2 aliphatic heterocycles. The van der Waals surface area contributed by atoms with Crippen LogP contribution >= 0.6 is 0 Å². The van der Waals surface area contributed by atoms with E-state index in [4.69, 9.17) is 0 Å². The Morgan fingerprint density at radius 1 is 1.18 bits per heavy atom. The first-order valence-electron chi connectivity index (χ1n) is 9.11. The minimum Gasteiger partial charge on any atom is -0.465 e. The number of hydrogen-bond acceptors (Lipinski definition) is 7. The Bertz CT molecular complexity index is 893. The first kappa shape index (κ1) is 18.0. The van der Waals surface area contributed by atoms with Crippen LogP contribution in [0.15, 0.2) is 36.7 Å². The van der Waals surface area contributed by atoms with Crippen LogP contribution in [0.25, 0.3) is 0 Å². The summed E-state index contributed by atoms with van der Waals surface area (Å²) >= 11 is 0. The molecule has 0 unspecified atom stereocenters. The smallest absolute Gasteiger partial charge is 0.407 e. The molecule has 2 saturated heterocycles. The summed E-state index contributed by atoms with van der Waals surface area (Å²) < 4.78 is 0. The van der Waals surface area contributed by atoms with Crippen LogP contribution in [0.2, 0.25) is 0 Å². The lowest BCUT2D eigenvalue weighted by Crippen LogP contribution is -2.42. The van der Waals surface area contributed by atoms with Crippen molar-refractivity contribution in [3.8, 4) is 0 Å². The number of carbonyl (C=O) groups is 1. The normalized spacial score (nSPS) is 21.3. The van der Waals surface area contributed by atoms with Gasteiger partial charge in [0.15, 0.2) is 0 Å². The van der Waals surface area contributed by atoms with Gasteiger partial charge < -0.3 is 20.2 Å². The van der Waals surface area contributed by atoms with E-state index in [1.54, 1.807) is 35.5 Å². The molecule has 0 aliphatic carbocycles. The molecule has 2 N–H and O–H groups in total. The van der Waals surface area contributed by atoms with E-state index in [0.29, 0.717) is 31.0 Å². The lowest BCUT2D eigenvalue weighted by molar-refractivity contribution is -0.384. The van der Waals surface area contributed by atoms with E-state index in [0.717, 1.165) is 12.8 Å². The number of aromatic nitrogens is 2. The zero-order valence-corrected chi connectivity index (χ0v) is 15.1. The molecule has 4 rings (SSSR count). The Balaban J connectivity index is 1.62. The van der Waals surface area contributed by atoms with Crippen molar-refractivity contribution >= 4 is 29.1 Å². The summed E-state index contributed by atoms with van der Waals surface area (Å²) in [7, 11) is 0. The minimum atomic E-state index is -0.883. The van der Waals surface area contributed by atoms with Crippen LogP contribution in [0.5, 0.6) is 0 Å². The zero-order chi connectivity index (χ0) is 19.7. The fourth-order valence-corrected chi connectivity index (χ4v) is 4.02. The van der Waals surface area contributed by atoms with E-state index in [9.17, 15) is 20.0 Å². The van der Waals surface area contributed by atoms with E-state index >= 15 is 0 Å². The molecule has 2 atom stereocenters. The standard InChI is InChI=1S/C18H20N6O4/c25-18(26)23-13-1-2-14(23)11-22(10-7-13)16-4-3-15(24(27)28)17(21-16)20-12-5-8-19-9-6-12/h3-6,8-9,13-14H,1-2,7,10-11H2,(H,25,26)(H,19,20,21)/t13-,14+/m0/s1. The highest BCUT2D eigenvalue weighted by Crippen LogP contribution is 2.34. The van der Waals surface area contributed by atoms with Gasteiger partial charge in [0.05, 0.1) is 11.0 Å². The zero-order valence-electron chi connectivity index (χ0n) is 15.1. The summed E-state index contributed by atoms with van der Waals surface area (Å²) in [6.07, 6.45) is 4.71. The Labute approximate surface area is 161 Å². The molecule has 0 spiro atoms. The Kier molecular flexibility index (Phi) is 4.68. The van der Waals surface area contributed by atoms with Gasteiger partial charge in [-0.25, -0.2) is 9.78 Å². The van der Waals surface area contributed by atoms with Gasteiger partial charge in [-0.1, -0.05) is 0 Å². The van der Waals surface area contributed by atoms with E-state index < -0.39 is 11.0 Å². The lowest BCUT2D eigenvalue weighted by atomic mass is 10.1. The van der Waals surface area contributed by atoms with Crippen LogP contribution in [0, 0.1) is 10.1 Å². The summed E-state index contributed by atoms with van der Waals surface area (Å²) in [5, 5.41) is 23.9. The van der Waals surface area contributed by atoms with Gasteiger partial charge in [0, 0.05) is 43.3 Å². The van der Waals surface area contributed by atoms with Crippen LogP contribution in [-0.4, -0.2) is 56.2 Å². The lowest BCUT2D eigenvalue weighted by Gasteiger charge is -2.27. The summed E-state index contributed by atoms with van der Waals surface area (Å²) in [6.45, 7) is 1.19. The minimum absolute atomic E-state index is 0.0277. The predicted octanol–water partition coefficient (Wildman–Crippen LogP) is 2.85. The van der Waals surface area contributed by atoms with Crippen molar-refractivity contribution in [2.45, 2.75) is 31.3 Å². The maximum absolute atomic E-state index is 11.6. The van der Waals surface area contributed by atoms with Gasteiger partial charge in [-0.3, -0.25) is 15.1 Å². The first-order chi connectivity index (χ1) is 13.5. The molecule has 0 saturated carbocycles. The van der Waals surface area contributed by atoms with Crippen LogP contribution in [0.3, 0.4) is 0 Å². The van der Waals surface area contributed by atoms with Crippen LogP contribution in [0.4, 0.5) is 27.8 Å². The van der Waals surface area contributed by atoms with Crippen molar-refractivity contribution in [3.63, 3.8) is 0 Å². The van der Waals surface area contributed by atoms with Crippen molar-refractivity contribution in [1.82, 2.24) is 14.9 Å². The van der Waals surface area contributed by atoms with Gasteiger partial charge >= 0.3 is 11.8 Å². The second-order valence-corrected chi connectivity index (χ2v) is 6.96. The van der Waals surface area contributed by atoms with Crippen molar-refractivity contribution in [2.24, 2.45) is 0 Å². The molecular weight excluding hydrogens is 364 g/mol. The number of anilines is 3. The van der Waals surface area contributed by atoms with Gasteiger partial charge in [-0.05, 0) is 37.5 Å². The maximum Gasteiger partial charge on any atom is 0.407 e. The second kappa shape index (κ2) is 7.29. The molecule has 2 bridgehead atoms. The average molecular weight is 384 g/mol. The highest BCUT2D eigenvalue weighted by Gasteiger charge is 2.40. The largest absolute Gasteiger partial charge is 0.465 e. The van der Waals surface area contributed by atoms with E-state index in [2.05, 4.69) is 15.3 Å².